The van der Waals surface area contributed by atoms with Crippen molar-refractivity contribution in [2.45, 2.75) is 67.2 Å². The Balaban J connectivity index is 4.39. The molecule has 0 spiro atoms. The lowest BCUT2D eigenvalue weighted by atomic mass is 9.84. The summed E-state index contributed by atoms with van der Waals surface area (Å²) in [5, 5.41) is 0.301. The van der Waals surface area contributed by atoms with Gasteiger partial charge in [-0.3, -0.25) is 4.79 Å². The summed E-state index contributed by atoms with van der Waals surface area (Å²) in [6.45, 7) is 13.5. The van der Waals surface area contributed by atoms with Gasteiger partial charge in [0.05, 0.1) is 19.8 Å². The van der Waals surface area contributed by atoms with Gasteiger partial charge in [-0.2, -0.15) is 0 Å². The van der Waals surface area contributed by atoms with E-state index in [0.717, 1.165) is 12.8 Å². The third kappa shape index (κ3) is 15.0. The van der Waals surface area contributed by atoms with Gasteiger partial charge in [0.15, 0.2) is 0 Å². The third-order valence-corrected chi connectivity index (χ3v) is 4.25. The fourth-order valence-electron chi connectivity index (χ4n) is 2.44. The molecule has 0 aromatic heterocycles. The summed E-state index contributed by atoms with van der Waals surface area (Å²) < 4.78 is 15.4. The zero-order valence-corrected chi connectivity index (χ0v) is 17.9. The maximum absolute atomic E-state index is 11.6. The molecule has 7 heteroatoms. The Labute approximate surface area is 162 Å². The lowest BCUT2D eigenvalue weighted by Crippen LogP contribution is -2.14. The molecule has 0 heterocycles. The molecule has 152 valence electrons. The molecule has 1 amide bonds. The molecule has 0 aromatic rings. The van der Waals surface area contributed by atoms with E-state index < -0.39 is 6.09 Å². The summed E-state index contributed by atoms with van der Waals surface area (Å²) in [7, 11) is 0. The first-order valence-electron chi connectivity index (χ1n) is 9.34. The van der Waals surface area contributed by atoms with Crippen LogP contribution in [0.15, 0.2) is 4.99 Å². The Bertz CT molecular complexity index is 446. The highest BCUT2D eigenvalue weighted by molar-refractivity contribution is 8.13. The van der Waals surface area contributed by atoms with Gasteiger partial charge in [-0.1, -0.05) is 39.5 Å². The van der Waals surface area contributed by atoms with E-state index in [1.54, 1.807) is 13.8 Å². The standard InChI is InChI=1S/C19H35NO5S/c1-7-23-16(21)10-9-13-26-18(20-17(22)24-8-2)25-12-11-15(3)14-19(4,5)6/h15H,7-14H2,1-6H3/b20-18+. The summed E-state index contributed by atoms with van der Waals surface area (Å²) in [6, 6.07) is 0. The molecule has 26 heavy (non-hydrogen) atoms. The number of hydrogen-bond donors (Lipinski definition) is 0. The predicted octanol–water partition coefficient (Wildman–Crippen LogP) is 5.05. The van der Waals surface area contributed by atoms with Gasteiger partial charge in [-0.25, -0.2) is 4.79 Å². The molecule has 0 radical (unpaired) electrons. The van der Waals surface area contributed by atoms with Gasteiger partial charge in [0.2, 0.25) is 0 Å². The van der Waals surface area contributed by atoms with Crippen LogP contribution in [0.1, 0.15) is 67.2 Å². The van der Waals surface area contributed by atoms with E-state index in [-0.39, 0.29) is 18.0 Å². The minimum Gasteiger partial charge on any atom is -0.473 e. The summed E-state index contributed by atoms with van der Waals surface area (Å²) >= 11 is 1.32. The van der Waals surface area contributed by atoms with Gasteiger partial charge in [0.25, 0.3) is 5.23 Å². The van der Waals surface area contributed by atoms with Gasteiger partial charge in [-0.05, 0) is 44.4 Å². The van der Waals surface area contributed by atoms with E-state index in [4.69, 9.17) is 14.2 Å². The second-order valence-corrected chi connectivity index (χ2v) is 8.39. The molecule has 0 aliphatic carbocycles. The number of hydrogen-bond acceptors (Lipinski definition) is 6. The van der Waals surface area contributed by atoms with Crippen molar-refractivity contribution in [1.29, 1.82) is 0 Å². The monoisotopic (exact) mass is 389 g/mol. The van der Waals surface area contributed by atoms with Crippen LogP contribution in [-0.2, 0) is 19.0 Å². The van der Waals surface area contributed by atoms with Crippen LogP contribution in [0.5, 0.6) is 0 Å². The van der Waals surface area contributed by atoms with Crippen LogP contribution >= 0.6 is 11.8 Å². The first-order chi connectivity index (χ1) is 12.2. The van der Waals surface area contributed by atoms with Gasteiger partial charge in [-0.15, -0.1) is 4.99 Å². The van der Waals surface area contributed by atoms with Gasteiger partial charge in [0.1, 0.15) is 0 Å². The average molecular weight is 390 g/mol. The van der Waals surface area contributed by atoms with Crippen molar-refractivity contribution >= 4 is 29.1 Å². The van der Waals surface area contributed by atoms with Gasteiger partial charge < -0.3 is 14.2 Å². The highest BCUT2D eigenvalue weighted by atomic mass is 32.2. The predicted molar refractivity (Wildman–Crippen MR) is 107 cm³/mol. The Morgan fingerprint density at radius 3 is 2.31 bits per heavy atom. The van der Waals surface area contributed by atoms with Gasteiger partial charge >= 0.3 is 12.1 Å². The molecular formula is C19H35NO5S. The van der Waals surface area contributed by atoms with Crippen LogP contribution in [0.4, 0.5) is 4.79 Å². The highest BCUT2D eigenvalue weighted by Crippen LogP contribution is 2.26. The normalized spacial score (nSPS) is 13.2. The minimum atomic E-state index is -0.650. The summed E-state index contributed by atoms with van der Waals surface area (Å²) in [5.74, 6) is 0.927. The van der Waals surface area contributed by atoms with E-state index in [1.165, 1.54) is 11.8 Å². The zero-order valence-electron chi connectivity index (χ0n) is 17.1. The molecule has 0 aliphatic heterocycles. The topological polar surface area (TPSA) is 74.2 Å². The van der Waals surface area contributed by atoms with E-state index in [1.807, 2.05) is 0 Å². The molecule has 1 atom stereocenters. The molecule has 0 N–H and O–H groups in total. The van der Waals surface area contributed by atoms with E-state index >= 15 is 0 Å². The Kier molecular flexibility index (Phi) is 13.2. The molecule has 0 rings (SSSR count). The minimum absolute atomic E-state index is 0.214. The lowest BCUT2D eigenvalue weighted by Gasteiger charge is -2.23. The highest BCUT2D eigenvalue weighted by Gasteiger charge is 2.16. The molecule has 6 nitrogen and oxygen atoms in total. The Morgan fingerprint density at radius 1 is 1.08 bits per heavy atom. The number of nitrogens with zero attached hydrogens (tertiary/aromatic N) is 1. The number of carbonyl (C=O) groups is 2. The van der Waals surface area contributed by atoms with Crippen LogP contribution in [0.2, 0.25) is 0 Å². The fourth-order valence-corrected chi connectivity index (χ4v) is 3.21. The number of carbonyl (C=O) groups excluding carboxylic acids is 2. The number of rotatable bonds is 10. The molecule has 0 saturated heterocycles. The van der Waals surface area contributed by atoms with Crippen molar-refractivity contribution in [2.24, 2.45) is 16.3 Å². The van der Waals surface area contributed by atoms with Crippen LogP contribution in [0.25, 0.3) is 0 Å². The van der Waals surface area contributed by atoms with Crippen molar-refractivity contribution in [2.75, 3.05) is 25.6 Å². The third-order valence-electron chi connectivity index (χ3n) is 3.30. The molecular weight excluding hydrogens is 354 g/mol. The molecule has 0 bridgehead atoms. The lowest BCUT2D eigenvalue weighted by molar-refractivity contribution is -0.143. The van der Waals surface area contributed by atoms with E-state index in [2.05, 4.69) is 32.7 Å². The first kappa shape index (κ1) is 24.8. The van der Waals surface area contributed by atoms with Crippen LogP contribution in [0, 0.1) is 11.3 Å². The maximum Gasteiger partial charge on any atom is 0.437 e. The number of aliphatic imine (C=N–C) groups is 1. The Hall–Kier alpha value is -1.24. The summed E-state index contributed by atoms with van der Waals surface area (Å²) in [4.78, 5) is 26.8. The summed E-state index contributed by atoms with van der Waals surface area (Å²) in [6.07, 6.45) is 2.32. The fraction of sp³-hybridized carbons (Fsp3) is 0.842. The SMILES string of the molecule is CCOC(=O)CCCS/C(=N/C(=O)OCC)OCCC(C)CC(C)(C)C. The number of ether oxygens (including phenoxy) is 3. The largest absolute Gasteiger partial charge is 0.473 e. The second-order valence-electron chi connectivity index (χ2n) is 7.34. The van der Waals surface area contributed by atoms with Crippen molar-refractivity contribution in [1.82, 2.24) is 0 Å². The molecule has 0 aliphatic rings. The van der Waals surface area contributed by atoms with Crippen LogP contribution < -0.4 is 0 Å². The van der Waals surface area contributed by atoms with Crippen molar-refractivity contribution in [3.63, 3.8) is 0 Å². The smallest absolute Gasteiger partial charge is 0.437 e. The quantitative estimate of drug-likeness (QED) is 0.225. The molecule has 0 saturated carbocycles. The molecule has 1 unspecified atom stereocenters. The first-order valence-corrected chi connectivity index (χ1v) is 10.3. The van der Waals surface area contributed by atoms with E-state index in [0.29, 0.717) is 43.0 Å². The van der Waals surface area contributed by atoms with E-state index in [9.17, 15) is 9.59 Å². The molecule has 0 aromatic carbocycles. The van der Waals surface area contributed by atoms with Crippen molar-refractivity contribution < 1.29 is 23.8 Å². The summed E-state index contributed by atoms with van der Waals surface area (Å²) in [5.41, 5.74) is 0.281. The maximum atomic E-state index is 11.6. The van der Waals surface area contributed by atoms with Crippen LogP contribution in [-0.4, -0.2) is 42.9 Å². The van der Waals surface area contributed by atoms with Gasteiger partial charge in [0, 0.05) is 12.2 Å². The number of thioether (sulfide) groups is 1. The van der Waals surface area contributed by atoms with Crippen LogP contribution in [0.3, 0.4) is 0 Å². The average Bonchev–Trinajstić information content (AvgIpc) is 2.50. The molecule has 0 fully saturated rings. The Morgan fingerprint density at radius 2 is 1.73 bits per heavy atom. The number of esters is 1. The zero-order chi connectivity index (χ0) is 20.0. The van der Waals surface area contributed by atoms with Crippen molar-refractivity contribution in [3.8, 4) is 0 Å². The van der Waals surface area contributed by atoms with Crippen molar-refractivity contribution in [3.05, 3.63) is 0 Å². The second kappa shape index (κ2) is 13.9. The number of amides is 1.